The number of carbonyl (C=O) groups excluding carboxylic acids is 2. The minimum absolute atomic E-state index is 0.0909. The molecule has 42 heavy (non-hydrogen) atoms. The molecule has 0 aliphatic rings. The highest BCUT2D eigenvalue weighted by atomic mass is 79.9. The SMILES string of the molecule is Cc1ccc(C)c(N(CCCC(=O)N(Cc2cccc(Br)c2)[C@H](Cc2ccccc2)C(=O)NCC(C)C)S(C)(=O)=O)c1. The summed E-state index contributed by atoms with van der Waals surface area (Å²) in [4.78, 5) is 29.2. The van der Waals surface area contributed by atoms with Crippen molar-refractivity contribution in [1.29, 1.82) is 0 Å². The van der Waals surface area contributed by atoms with Gasteiger partial charge in [0.1, 0.15) is 6.04 Å². The lowest BCUT2D eigenvalue weighted by Crippen LogP contribution is -2.51. The van der Waals surface area contributed by atoms with Crippen LogP contribution in [0.25, 0.3) is 0 Å². The molecule has 3 aromatic carbocycles. The van der Waals surface area contributed by atoms with Gasteiger partial charge in [0.25, 0.3) is 0 Å². The maximum atomic E-state index is 14.0. The Kier molecular flexibility index (Phi) is 12.2. The highest BCUT2D eigenvalue weighted by Crippen LogP contribution is 2.25. The van der Waals surface area contributed by atoms with Crippen molar-refractivity contribution >= 4 is 43.5 Å². The fourth-order valence-corrected chi connectivity index (χ4v) is 6.24. The van der Waals surface area contributed by atoms with Gasteiger partial charge in [-0.1, -0.05) is 84.4 Å². The van der Waals surface area contributed by atoms with E-state index in [1.54, 1.807) is 4.90 Å². The summed E-state index contributed by atoms with van der Waals surface area (Å²) in [5, 5.41) is 3.03. The van der Waals surface area contributed by atoms with Gasteiger partial charge in [-0.25, -0.2) is 8.42 Å². The van der Waals surface area contributed by atoms with E-state index < -0.39 is 16.1 Å². The summed E-state index contributed by atoms with van der Waals surface area (Å²) in [6.45, 7) is 8.76. The monoisotopic (exact) mass is 655 g/mol. The van der Waals surface area contributed by atoms with Gasteiger partial charge in [0, 0.05) is 36.9 Å². The lowest BCUT2D eigenvalue weighted by atomic mass is 10.0. The summed E-state index contributed by atoms with van der Waals surface area (Å²) in [5.74, 6) is -0.151. The first-order chi connectivity index (χ1) is 19.8. The fraction of sp³-hybridized carbons (Fsp3) is 0.394. The van der Waals surface area contributed by atoms with Crippen LogP contribution in [-0.2, 0) is 32.6 Å². The largest absolute Gasteiger partial charge is 0.354 e. The lowest BCUT2D eigenvalue weighted by molar-refractivity contribution is -0.141. The Morgan fingerprint density at radius 2 is 1.62 bits per heavy atom. The summed E-state index contributed by atoms with van der Waals surface area (Å²) < 4.78 is 27.8. The highest BCUT2D eigenvalue weighted by Gasteiger charge is 2.30. The number of hydrogen-bond donors (Lipinski definition) is 1. The molecule has 7 nitrogen and oxygen atoms in total. The first kappa shape index (κ1) is 33.3. The summed E-state index contributed by atoms with van der Waals surface area (Å²) >= 11 is 3.51. The van der Waals surface area contributed by atoms with Crippen molar-refractivity contribution in [1.82, 2.24) is 10.2 Å². The first-order valence-electron chi connectivity index (χ1n) is 14.3. The van der Waals surface area contributed by atoms with Crippen LogP contribution in [0.5, 0.6) is 0 Å². The zero-order valence-corrected chi connectivity index (χ0v) is 27.5. The molecule has 0 saturated heterocycles. The molecule has 2 amide bonds. The van der Waals surface area contributed by atoms with Crippen molar-refractivity contribution in [2.75, 3.05) is 23.7 Å². The van der Waals surface area contributed by atoms with Crippen LogP contribution in [0, 0.1) is 19.8 Å². The third-order valence-corrected chi connectivity index (χ3v) is 8.66. The van der Waals surface area contributed by atoms with Crippen LogP contribution in [0.4, 0.5) is 5.69 Å². The number of anilines is 1. The number of nitrogens with zero attached hydrogens (tertiary/aromatic N) is 2. The van der Waals surface area contributed by atoms with Crippen LogP contribution in [0.2, 0.25) is 0 Å². The van der Waals surface area contributed by atoms with Gasteiger partial charge in [-0.3, -0.25) is 13.9 Å². The number of nitrogens with one attached hydrogen (secondary N) is 1. The Hall–Kier alpha value is -3.17. The maximum absolute atomic E-state index is 14.0. The number of benzene rings is 3. The van der Waals surface area contributed by atoms with E-state index >= 15 is 0 Å². The normalized spacial score (nSPS) is 12.2. The summed E-state index contributed by atoms with van der Waals surface area (Å²) in [7, 11) is -3.58. The third kappa shape index (κ3) is 9.98. The lowest BCUT2D eigenvalue weighted by Gasteiger charge is -2.32. The molecule has 3 rings (SSSR count). The van der Waals surface area contributed by atoms with E-state index in [0.29, 0.717) is 25.1 Å². The second-order valence-electron chi connectivity index (χ2n) is 11.2. The number of aryl methyl sites for hydroxylation is 2. The number of carbonyl (C=O) groups is 2. The van der Waals surface area contributed by atoms with Crippen LogP contribution in [0.15, 0.2) is 77.3 Å². The zero-order chi connectivity index (χ0) is 30.9. The molecule has 3 aromatic rings. The van der Waals surface area contributed by atoms with Gasteiger partial charge < -0.3 is 10.2 Å². The molecule has 0 saturated carbocycles. The van der Waals surface area contributed by atoms with E-state index in [1.165, 1.54) is 10.6 Å². The van der Waals surface area contributed by atoms with Gasteiger partial charge >= 0.3 is 0 Å². The van der Waals surface area contributed by atoms with Gasteiger partial charge in [-0.05, 0) is 66.6 Å². The second-order valence-corrected chi connectivity index (χ2v) is 14.0. The number of rotatable bonds is 14. The van der Waals surface area contributed by atoms with Gasteiger partial charge in [0.15, 0.2) is 0 Å². The van der Waals surface area contributed by atoms with E-state index in [1.807, 2.05) is 100 Å². The minimum atomic E-state index is -3.58. The smallest absolute Gasteiger partial charge is 0.243 e. The Labute approximate surface area is 259 Å². The molecule has 0 aromatic heterocycles. The highest BCUT2D eigenvalue weighted by molar-refractivity contribution is 9.10. The average molecular weight is 657 g/mol. The van der Waals surface area contributed by atoms with Crippen LogP contribution in [0.1, 0.15) is 48.9 Å². The molecule has 1 N–H and O–H groups in total. The number of halogens is 1. The quantitative estimate of drug-likeness (QED) is 0.230. The van der Waals surface area contributed by atoms with Crippen molar-refractivity contribution in [3.63, 3.8) is 0 Å². The molecule has 9 heteroatoms. The van der Waals surface area contributed by atoms with Crippen molar-refractivity contribution in [3.8, 4) is 0 Å². The fourth-order valence-electron chi connectivity index (χ4n) is 4.78. The third-order valence-electron chi connectivity index (χ3n) is 6.98. The van der Waals surface area contributed by atoms with Crippen LogP contribution < -0.4 is 9.62 Å². The summed E-state index contributed by atoms with van der Waals surface area (Å²) in [6, 6.07) is 22.3. The maximum Gasteiger partial charge on any atom is 0.243 e. The summed E-state index contributed by atoms with van der Waals surface area (Å²) in [6.07, 6.45) is 1.95. The Morgan fingerprint density at radius 1 is 0.929 bits per heavy atom. The van der Waals surface area contributed by atoms with E-state index in [9.17, 15) is 18.0 Å². The molecule has 0 bridgehead atoms. The molecular weight excluding hydrogens is 614 g/mol. The van der Waals surface area contributed by atoms with Crippen molar-refractivity contribution in [2.45, 2.75) is 59.5 Å². The molecule has 0 heterocycles. The van der Waals surface area contributed by atoms with Gasteiger partial charge in [-0.15, -0.1) is 0 Å². The minimum Gasteiger partial charge on any atom is -0.354 e. The molecular formula is C33H42BrN3O4S. The first-order valence-corrected chi connectivity index (χ1v) is 16.9. The van der Waals surface area contributed by atoms with Crippen molar-refractivity contribution in [3.05, 3.63) is 99.5 Å². The topological polar surface area (TPSA) is 86.8 Å². The molecule has 0 aliphatic heterocycles. The Balaban J connectivity index is 1.90. The van der Waals surface area contributed by atoms with Gasteiger partial charge in [0.05, 0.1) is 11.9 Å². The molecule has 0 radical (unpaired) electrons. The van der Waals surface area contributed by atoms with Crippen molar-refractivity contribution in [2.24, 2.45) is 5.92 Å². The van der Waals surface area contributed by atoms with E-state index in [0.717, 1.165) is 26.7 Å². The predicted octanol–water partition coefficient (Wildman–Crippen LogP) is 6.02. The van der Waals surface area contributed by atoms with Gasteiger partial charge in [0.2, 0.25) is 21.8 Å². The number of amides is 2. The number of hydrogen-bond acceptors (Lipinski definition) is 4. The van der Waals surface area contributed by atoms with E-state index in [2.05, 4.69) is 21.2 Å². The van der Waals surface area contributed by atoms with Crippen LogP contribution in [0.3, 0.4) is 0 Å². The number of sulfonamides is 1. The Bertz CT molecular complexity index is 1460. The van der Waals surface area contributed by atoms with E-state index in [4.69, 9.17) is 0 Å². The average Bonchev–Trinajstić information content (AvgIpc) is 2.93. The predicted molar refractivity (Wildman–Crippen MR) is 174 cm³/mol. The van der Waals surface area contributed by atoms with Gasteiger partial charge in [-0.2, -0.15) is 0 Å². The molecule has 0 spiro atoms. The zero-order valence-electron chi connectivity index (χ0n) is 25.1. The molecule has 0 fully saturated rings. The molecule has 0 aliphatic carbocycles. The standard InChI is InChI=1S/C33H42BrN3O4S/c1-24(2)22-35-33(39)31(21-27-11-7-6-8-12-27)36(23-28-13-9-14-29(34)20-28)32(38)15-10-18-37(42(5,40)41)30-19-25(3)16-17-26(30)4/h6-9,11-14,16-17,19-20,24,31H,10,15,18,21-23H2,1-5H3,(H,35,39)/t31-/m1/s1. The molecule has 1 atom stereocenters. The summed E-state index contributed by atoms with van der Waals surface area (Å²) in [5.41, 5.74) is 4.26. The van der Waals surface area contributed by atoms with E-state index in [-0.39, 0.29) is 37.2 Å². The second kappa shape index (κ2) is 15.3. The molecule has 226 valence electrons. The van der Waals surface area contributed by atoms with Crippen molar-refractivity contribution < 1.29 is 18.0 Å². The molecule has 0 unspecified atom stereocenters. The van der Waals surface area contributed by atoms with Crippen LogP contribution in [-0.4, -0.2) is 50.5 Å². The Morgan fingerprint density at radius 3 is 2.26 bits per heavy atom. The van der Waals surface area contributed by atoms with Crippen LogP contribution >= 0.6 is 15.9 Å².